The molecule has 0 aliphatic carbocycles. The van der Waals surface area contributed by atoms with Crippen molar-refractivity contribution in [1.29, 1.82) is 0 Å². The minimum Gasteiger partial charge on any atom is -0.378 e. The zero-order valence-electron chi connectivity index (χ0n) is 14.5. The van der Waals surface area contributed by atoms with Gasteiger partial charge in [0.05, 0.1) is 10.4 Å². The molecule has 2 amide bonds. The number of non-ortho nitro benzene ring substituents is 1. The first-order valence-electron chi connectivity index (χ1n) is 7.87. The Morgan fingerprint density at radius 1 is 1.11 bits per heavy atom. The predicted octanol–water partition coefficient (Wildman–Crippen LogP) is 1.61. The number of hydrogen-bond acceptors (Lipinski definition) is 6. The molecule has 10 heteroatoms. The number of aromatic amines is 1. The van der Waals surface area contributed by atoms with Crippen molar-refractivity contribution in [2.45, 2.75) is 0 Å². The number of rotatable bonds is 4. The molecule has 138 valence electrons. The van der Waals surface area contributed by atoms with Crippen LogP contribution in [0, 0.1) is 10.1 Å². The number of amides is 2. The molecule has 0 unspecified atom stereocenters. The first-order valence-corrected chi connectivity index (χ1v) is 7.87. The van der Waals surface area contributed by atoms with Crippen LogP contribution in [0.5, 0.6) is 0 Å². The standard InChI is InChI=1S/C17H16N6O4/c1-22(2)11-5-3-4-10(8-11)16(24)20-21-17(25)15-13-9-12(23(26)27)6-7-14(13)18-19-15/h3-9H,1-2H3,(H,18,19)(H,20,24)(H,21,25). The number of carbonyl (C=O) groups excluding carboxylic acids is 2. The second kappa shape index (κ2) is 7.12. The van der Waals surface area contributed by atoms with Gasteiger partial charge >= 0.3 is 0 Å². The zero-order chi connectivity index (χ0) is 19.6. The summed E-state index contributed by atoms with van der Waals surface area (Å²) < 4.78 is 0. The Bertz CT molecular complexity index is 1040. The minimum absolute atomic E-state index is 0.0592. The van der Waals surface area contributed by atoms with Gasteiger partial charge < -0.3 is 4.90 Å². The minimum atomic E-state index is -0.695. The van der Waals surface area contributed by atoms with Crippen molar-refractivity contribution < 1.29 is 14.5 Å². The van der Waals surface area contributed by atoms with E-state index in [-0.39, 0.29) is 16.8 Å². The summed E-state index contributed by atoms with van der Waals surface area (Å²) in [6, 6.07) is 10.9. The van der Waals surface area contributed by atoms with E-state index in [1.165, 1.54) is 18.2 Å². The molecule has 27 heavy (non-hydrogen) atoms. The number of carbonyl (C=O) groups is 2. The Balaban J connectivity index is 1.75. The van der Waals surface area contributed by atoms with Crippen molar-refractivity contribution in [2.24, 2.45) is 0 Å². The van der Waals surface area contributed by atoms with Gasteiger partial charge in [0.1, 0.15) is 0 Å². The van der Waals surface area contributed by atoms with Crippen LogP contribution < -0.4 is 15.8 Å². The molecule has 0 saturated carbocycles. The number of nitro groups is 1. The fourth-order valence-electron chi connectivity index (χ4n) is 2.46. The number of aromatic nitrogens is 2. The maximum Gasteiger partial charge on any atom is 0.290 e. The summed E-state index contributed by atoms with van der Waals surface area (Å²) in [7, 11) is 3.70. The average molecular weight is 368 g/mol. The summed E-state index contributed by atoms with van der Waals surface area (Å²) in [5.74, 6) is -1.20. The molecule has 10 nitrogen and oxygen atoms in total. The van der Waals surface area contributed by atoms with Gasteiger partial charge in [-0.25, -0.2) is 0 Å². The van der Waals surface area contributed by atoms with Gasteiger partial charge in [-0.15, -0.1) is 0 Å². The fraction of sp³-hybridized carbons (Fsp3) is 0.118. The lowest BCUT2D eigenvalue weighted by atomic mass is 10.2. The van der Waals surface area contributed by atoms with Crippen LogP contribution in [0.3, 0.4) is 0 Å². The van der Waals surface area contributed by atoms with Crippen molar-refractivity contribution in [3.63, 3.8) is 0 Å². The lowest BCUT2D eigenvalue weighted by Gasteiger charge is -2.13. The van der Waals surface area contributed by atoms with Crippen LogP contribution in [-0.4, -0.2) is 41.0 Å². The number of nitrogens with one attached hydrogen (secondary N) is 3. The number of H-pyrrole nitrogens is 1. The van der Waals surface area contributed by atoms with E-state index in [9.17, 15) is 19.7 Å². The summed E-state index contributed by atoms with van der Waals surface area (Å²) in [5, 5.41) is 17.7. The molecule has 0 bridgehead atoms. The molecule has 0 aliphatic rings. The van der Waals surface area contributed by atoms with Crippen molar-refractivity contribution >= 4 is 34.1 Å². The molecule has 0 spiro atoms. The van der Waals surface area contributed by atoms with E-state index >= 15 is 0 Å². The molecule has 0 radical (unpaired) electrons. The summed E-state index contributed by atoms with van der Waals surface area (Å²) in [4.78, 5) is 36.8. The Kier molecular flexibility index (Phi) is 4.71. The van der Waals surface area contributed by atoms with E-state index in [1.54, 1.807) is 18.2 Å². The Labute approximate surface area is 153 Å². The highest BCUT2D eigenvalue weighted by molar-refractivity contribution is 6.06. The molecule has 2 aromatic carbocycles. The van der Waals surface area contributed by atoms with Gasteiger partial charge in [0, 0.05) is 42.9 Å². The van der Waals surface area contributed by atoms with Gasteiger partial charge in [0.25, 0.3) is 17.5 Å². The maximum atomic E-state index is 12.3. The maximum absolute atomic E-state index is 12.3. The second-order valence-electron chi connectivity index (χ2n) is 5.91. The van der Waals surface area contributed by atoms with Crippen molar-refractivity contribution in [2.75, 3.05) is 19.0 Å². The Morgan fingerprint density at radius 3 is 2.56 bits per heavy atom. The first-order chi connectivity index (χ1) is 12.9. The van der Waals surface area contributed by atoms with Crippen molar-refractivity contribution in [3.8, 4) is 0 Å². The number of benzene rings is 2. The van der Waals surface area contributed by atoms with Gasteiger partial charge in [0.2, 0.25) is 0 Å². The summed E-state index contributed by atoms with van der Waals surface area (Å²) in [5.41, 5.74) is 6.02. The molecule has 3 aromatic rings. The molecule has 3 N–H and O–H groups in total. The van der Waals surface area contributed by atoms with E-state index < -0.39 is 16.7 Å². The highest BCUT2D eigenvalue weighted by atomic mass is 16.6. The lowest BCUT2D eigenvalue weighted by molar-refractivity contribution is -0.384. The van der Waals surface area contributed by atoms with Gasteiger partial charge in [-0.1, -0.05) is 6.07 Å². The second-order valence-corrected chi connectivity index (χ2v) is 5.91. The molecule has 0 fully saturated rings. The van der Waals surface area contributed by atoms with Crippen LogP contribution in [0.15, 0.2) is 42.5 Å². The first kappa shape index (κ1) is 17.9. The normalized spacial score (nSPS) is 10.4. The van der Waals surface area contributed by atoms with Gasteiger partial charge in [-0.3, -0.25) is 35.7 Å². The van der Waals surface area contributed by atoms with E-state index in [0.717, 1.165) is 5.69 Å². The highest BCUT2D eigenvalue weighted by Crippen LogP contribution is 2.22. The quantitative estimate of drug-likeness (QED) is 0.473. The summed E-state index contributed by atoms with van der Waals surface area (Å²) >= 11 is 0. The smallest absolute Gasteiger partial charge is 0.290 e. The third-order valence-electron chi connectivity index (χ3n) is 3.89. The molecular weight excluding hydrogens is 352 g/mol. The monoisotopic (exact) mass is 368 g/mol. The van der Waals surface area contributed by atoms with Crippen LogP contribution in [0.2, 0.25) is 0 Å². The highest BCUT2D eigenvalue weighted by Gasteiger charge is 2.18. The fourth-order valence-corrected chi connectivity index (χ4v) is 2.46. The molecule has 0 aliphatic heterocycles. The number of hydrazine groups is 1. The van der Waals surface area contributed by atoms with Crippen molar-refractivity contribution in [1.82, 2.24) is 21.0 Å². The number of fused-ring (bicyclic) bond motifs is 1. The number of nitrogens with zero attached hydrogens (tertiary/aromatic N) is 3. The van der Waals surface area contributed by atoms with E-state index in [4.69, 9.17) is 0 Å². The van der Waals surface area contributed by atoms with Crippen molar-refractivity contribution in [3.05, 3.63) is 63.8 Å². The predicted molar refractivity (Wildman–Crippen MR) is 98.4 cm³/mol. The Hall–Kier alpha value is -3.95. The zero-order valence-corrected chi connectivity index (χ0v) is 14.5. The lowest BCUT2D eigenvalue weighted by Crippen LogP contribution is -2.41. The van der Waals surface area contributed by atoms with Crippen LogP contribution >= 0.6 is 0 Å². The van der Waals surface area contributed by atoms with Crippen LogP contribution in [0.4, 0.5) is 11.4 Å². The third-order valence-corrected chi connectivity index (χ3v) is 3.89. The number of nitro benzene ring substituents is 1. The molecule has 0 atom stereocenters. The molecule has 1 aromatic heterocycles. The van der Waals surface area contributed by atoms with Crippen LogP contribution in [0.1, 0.15) is 20.8 Å². The SMILES string of the molecule is CN(C)c1cccc(C(=O)NNC(=O)c2n[nH]c3ccc([N+](=O)[O-])cc23)c1. The van der Waals surface area contributed by atoms with E-state index in [0.29, 0.717) is 11.1 Å². The van der Waals surface area contributed by atoms with Gasteiger partial charge in [-0.05, 0) is 24.3 Å². The Morgan fingerprint density at radius 2 is 1.85 bits per heavy atom. The summed E-state index contributed by atoms with van der Waals surface area (Å²) in [6.45, 7) is 0. The summed E-state index contributed by atoms with van der Waals surface area (Å²) in [6.07, 6.45) is 0. The average Bonchev–Trinajstić information content (AvgIpc) is 3.09. The number of anilines is 1. The van der Waals surface area contributed by atoms with Crippen LogP contribution in [0.25, 0.3) is 10.9 Å². The van der Waals surface area contributed by atoms with E-state index in [2.05, 4.69) is 21.0 Å². The molecular formula is C17H16N6O4. The van der Waals surface area contributed by atoms with E-state index in [1.807, 2.05) is 25.1 Å². The third kappa shape index (κ3) is 3.68. The molecule has 1 heterocycles. The topological polar surface area (TPSA) is 133 Å². The number of hydrogen-bond donors (Lipinski definition) is 3. The molecule has 3 rings (SSSR count). The van der Waals surface area contributed by atoms with Gasteiger partial charge in [0.15, 0.2) is 5.69 Å². The van der Waals surface area contributed by atoms with Crippen LogP contribution in [-0.2, 0) is 0 Å². The van der Waals surface area contributed by atoms with Gasteiger partial charge in [-0.2, -0.15) is 5.10 Å². The largest absolute Gasteiger partial charge is 0.378 e. The molecule has 0 saturated heterocycles.